The maximum atomic E-state index is 6.03. The maximum absolute atomic E-state index is 6.03. The minimum Gasteiger partial charge on any atom is -0.376 e. The molecule has 104 valence electrons. The number of ether oxygens (including phenoxy) is 1. The summed E-state index contributed by atoms with van der Waals surface area (Å²) in [5, 5.41) is 3.59. The lowest BCUT2D eigenvalue weighted by molar-refractivity contribution is -0.0355. The fourth-order valence-electron chi connectivity index (χ4n) is 2.22. The highest BCUT2D eigenvalue weighted by Crippen LogP contribution is 2.35. The van der Waals surface area contributed by atoms with E-state index in [1.807, 2.05) is 11.3 Å². The average molecular weight is 269 g/mol. The monoisotopic (exact) mass is 269 g/mol. The van der Waals surface area contributed by atoms with Gasteiger partial charge in [0.2, 0.25) is 0 Å². The van der Waals surface area contributed by atoms with Gasteiger partial charge in [-0.1, -0.05) is 27.7 Å². The van der Waals surface area contributed by atoms with Gasteiger partial charge in [-0.15, -0.1) is 11.3 Å². The molecule has 3 heteroatoms. The third-order valence-corrected chi connectivity index (χ3v) is 4.08. The summed E-state index contributed by atoms with van der Waals surface area (Å²) in [5.74, 6) is 0. The summed E-state index contributed by atoms with van der Waals surface area (Å²) in [5.41, 5.74) is 0.126. The van der Waals surface area contributed by atoms with E-state index in [9.17, 15) is 0 Å². The Morgan fingerprint density at radius 1 is 1.28 bits per heavy atom. The number of aryl methyl sites for hydroxylation is 1. The summed E-state index contributed by atoms with van der Waals surface area (Å²) in [4.78, 5) is 2.74. The molecule has 0 aliphatic carbocycles. The first-order chi connectivity index (χ1) is 8.40. The van der Waals surface area contributed by atoms with Gasteiger partial charge in [0.25, 0.3) is 0 Å². The van der Waals surface area contributed by atoms with Crippen LogP contribution in [0.3, 0.4) is 0 Å². The van der Waals surface area contributed by atoms with Crippen LogP contribution >= 0.6 is 11.3 Å². The Balaban J connectivity index is 3.00. The van der Waals surface area contributed by atoms with Gasteiger partial charge in [0.15, 0.2) is 0 Å². The first-order valence-electron chi connectivity index (χ1n) is 6.81. The predicted octanol–water partition coefficient (Wildman–Crippen LogP) is 4.16. The molecule has 0 aliphatic heterocycles. The molecule has 1 N–H and O–H groups in total. The lowest BCUT2D eigenvalue weighted by atomic mass is 9.84. The van der Waals surface area contributed by atoms with Gasteiger partial charge >= 0.3 is 0 Å². The summed E-state index contributed by atoms with van der Waals surface area (Å²) < 4.78 is 6.03. The molecule has 18 heavy (non-hydrogen) atoms. The van der Waals surface area contributed by atoms with Crippen LogP contribution in [0.4, 0.5) is 0 Å². The summed E-state index contributed by atoms with van der Waals surface area (Å²) in [7, 11) is 0. The lowest BCUT2D eigenvalue weighted by Crippen LogP contribution is -2.41. The molecule has 1 rings (SSSR count). The molecule has 0 saturated carbocycles. The summed E-state index contributed by atoms with van der Waals surface area (Å²) >= 11 is 1.86. The van der Waals surface area contributed by atoms with Gasteiger partial charge in [0.05, 0.1) is 12.1 Å². The van der Waals surface area contributed by atoms with E-state index in [0.717, 1.165) is 13.2 Å². The van der Waals surface area contributed by atoms with Crippen molar-refractivity contribution in [3.8, 4) is 0 Å². The van der Waals surface area contributed by atoms with Crippen LogP contribution in [0.1, 0.15) is 50.4 Å². The highest BCUT2D eigenvalue weighted by molar-refractivity contribution is 7.12. The van der Waals surface area contributed by atoms with E-state index in [1.165, 1.54) is 9.75 Å². The normalized spacial score (nSPS) is 15.7. The zero-order chi connectivity index (χ0) is 13.8. The van der Waals surface area contributed by atoms with Gasteiger partial charge in [-0.05, 0) is 37.9 Å². The standard InChI is InChI=1S/C15H27NOS/c1-7-16-13(12-10-9-11(3)18-12)14(17-8-2)15(4,5)6/h9-10,13-14,16H,7-8H2,1-6H3. The third kappa shape index (κ3) is 4.08. The summed E-state index contributed by atoms with van der Waals surface area (Å²) in [6.07, 6.45) is 0.195. The van der Waals surface area contributed by atoms with E-state index in [4.69, 9.17) is 4.74 Å². The number of rotatable bonds is 6. The van der Waals surface area contributed by atoms with Crippen LogP contribution < -0.4 is 5.32 Å². The van der Waals surface area contributed by atoms with Crippen molar-refractivity contribution in [2.24, 2.45) is 5.41 Å². The Bertz CT molecular complexity index is 354. The predicted molar refractivity (Wildman–Crippen MR) is 80.3 cm³/mol. The van der Waals surface area contributed by atoms with Crippen LogP contribution in [0.5, 0.6) is 0 Å². The fourth-order valence-corrected chi connectivity index (χ4v) is 3.20. The van der Waals surface area contributed by atoms with Gasteiger partial charge in [0.1, 0.15) is 0 Å². The second-order valence-electron chi connectivity index (χ2n) is 5.73. The Kier molecular flexibility index (Phi) is 5.83. The lowest BCUT2D eigenvalue weighted by Gasteiger charge is -2.36. The van der Waals surface area contributed by atoms with Crippen LogP contribution in [0.25, 0.3) is 0 Å². The second kappa shape index (κ2) is 6.69. The zero-order valence-electron chi connectivity index (χ0n) is 12.5. The fraction of sp³-hybridized carbons (Fsp3) is 0.733. The maximum Gasteiger partial charge on any atom is 0.0825 e. The Labute approximate surface area is 116 Å². The first kappa shape index (κ1) is 15.7. The minimum atomic E-state index is 0.126. The number of thiophene rings is 1. The van der Waals surface area contributed by atoms with Crippen LogP contribution in [0.15, 0.2) is 12.1 Å². The molecule has 1 aromatic rings. The third-order valence-electron chi connectivity index (χ3n) is 2.99. The molecule has 2 unspecified atom stereocenters. The number of nitrogens with one attached hydrogen (secondary N) is 1. The van der Waals surface area contributed by atoms with E-state index in [2.05, 4.69) is 59.0 Å². The molecule has 2 atom stereocenters. The Morgan fingerprint density at radius 2 is 1.94 bits per heavy atom. The van der Waals surface area contributed by atoms with Crippen molar-refractivity contribution in [3.63, 3.8) is 0 Å². The molecule has 0 fully saturated rings. The number of hydrogen-bond acceptors (Lipinski definition) is 3. The number of likely N-dealkylation sites (N-methyl/N-ethyl adjacent to an activating group) is 1. The summed E-state index contributed by atoms with van der Waals surface area (Å²) in [6.45, 7) is 14.8. The van der Waals surface area contributed by atoms with Crippen molar-refractivity contribution >= 4 is 11.3 Å². The SMILES string of the molecule is CCNC(c1ccc(C)s1)C(OCC)C(C)(C)C. The van der Waals surface area contributed by atoms with E-state index in [1.54, 1.807) is 0 Å². The topological polar surface area (TPSA) is 21.3 Å². The quantitative estimate of drug-likeness (QED) is 0.837. The molecule has 0 amide bonds. The van der Waals surface area contributed by atoms with Gasteiger partial charge in [-0.3, -0.25) is 0 Å². The molecule has 0 spiro atoms. The molecule has 0 saturated heterocycles. The van der Waals surface area contributed by atoms with Crippen LogP contribution in [0.2, 0.25) is 0 Å². The molecule has 1 heterocycles. The van der Waals surface area contributed by atoms with Gasteiger partial charge < -0.3 is 10.1 Å². The van der Waals surface area contributed by atoms with Gasteiger partial charge in [0, 0.05) is 16.4 Å². The average Bonchev–Trinajstić information content (AvgIpc) is 2.68. The van der Waals surface area contributed by atoms with Crippen molar-refractivity contribution in [1.29, 1.82) is 0 Å². The summed E-state index contributed by atoms with van der Waals surface area (Å²) in [6, 6.07) is 4.70. The van der Waals surface area contributed by atoms with E-state index in [-0.39, 0.29) is 17.6 Å². The second-order valence-corrected chi connectivity index (χ2v) is 7.05. The molecular formula is C15H27NOS. The molecule has 0 radical (unpaired) electrons. The smallest absolute Gasteiger partial charge is 0.0825 e. The van der Waals surface area contributed by atoms with Crippen LogP contribution in [0, 0.1) is 12.3 Å². The Morgan fingerprint density at radius 3 is 2.33 bits per heavy atom. The van der Waals surface area contributed by atoms with Gasteiger partial charge in [-0.25, -0.2) is 0 Å². The highest BCUT2D eigenvalue weighted by Gasteiger charge is 2.34. The van der Waals surface area contributed by atoms with E-state index >= 15 is 0 Å². The van der Waals surface area contributed by atoms with Crippen molar-refractivity contribution in [1.82, 2.24) is 5.32 Å². The van der Waals surface area contributed by atoms with Crippen molar-refractivity contribution in [2.75, 3.05) is 13.2 Å². The number of hydrogen-bond donors (Lipinski definition) is 1. The zero-order valence-corrected chi connectivity index (χ0v) is 13.4. The van der Waals surface area contributed by atoms with E-state index in [0.29, 0.717) is 0 Å². The Hall–Kier alpha value is -0.380. The van der Waals surface area contributed by atoms with Crippen molar-refractivity contribution < 1.29 is 4.74 Å². The molecule has 0 bridgehead atoms. The molecule has 2 nitrogen and oxygen atoms in total. The first-order valence-corrected chi connectivity index (χ1v) is 7.63. The van der Waals surface area contributed by atoms with Crippen molar-refractivity contribution in [2.45, 2.75) is 53.7 Å². The van der Waals surface area contributed by atoms with Crippen LogP contribution in [-0.4, -0.2) is 19.3 Å². The van der Waals surface area contributed by atoms with Gasteiger partial charge in [-0.2, -0.15) is 0 Å². The largest absolute Gasteiger partial charge is 0.376 e. The molecular weight excluding hydrogens is 242 g/mol. The van der Waals surface area contributed by atoms with Crippen molar-refractivity contribution in [3.05, 3.63) is 21.9 Å². The highest BCUT2D eigenvalue weighted by atomic mass is 32.1. The minimum absolute atomic E-state index is 0.126. The van der Waals surface area contributed by atoms with Crippen LogP contribution in [-0.2, 0) is 4.74 Å². The molecule has 0 aliphatic rings. The molecule has 0 aromatic carbocycles. The molecule has 1 aromatic heterocycles. The van der Waals surface area contributed by atoms with E-state index < -0.39 is 0 Å².